The summed E-state index contributed by atoms with van der Waals surface area (Å²) in [5.74, 6) is 1.65. The largest absolute Gasteiger partial charge is 0.383 e. The third-order valence-corrected chi connectivity index (χ3v) is 7.94. The minimum atomic E-state index is 0.636. The number of likely N-dealkylation sites (N-methyl/N-ethyl adjacent to an activating group) is 1. The van der Waals surface area contributed by atoms with Gasteiger partial charge in [-0.2, -0.15) is 0 Å². The number of ether oxygens (including phenoxy) is 1. The zero-order chi connectivity index (χ0) is 23.8. The van der Waals surface area contributed by atoms with E-state index in [2.05, 4.69) is 60.1 Å². The Morgan fingerprint density at radius 3 is 2.80 bits per heavy atom. The molecule has 0 aliphatic carbocycles. The van der Waals surface area contributed by atoms with Crippen LogP contribution in [0.3, 0.4) is 0 Å². The number of H-pyrrole nitrogens is 1. The SMILES string of the molecule is COCCn1cnc2c(N(C)CCN3C4CCC3CC(Cc3cnc5[nH]ccc5c3)C4)ncnc21. The molecule has 2 unspecified atom stereocenters. The molecule has 0 radical (unpaired) electrons. The van der Waals surface area contributed by atoms with Crippen LogP contribution in [-0.4, -0.2) is 80.3 Å². The Labute approximate surface area is 205 Å². The van der Waals surface area contributed by atoms with Gasteiger partial charge in [0, 0.05) is 63.7 Å². The number of anilines is 1. The van der Waals surface area contributed by atoms with Crippen LogP contribution in [-0.2, 0) is 17.7 Å². The molecule has 2 aliphatic rings. The summed E-state index contributed by atoms with van der Waals surface area (Å²) in [4.78, 5) is 26.4. The molecule has 0 aromatic carbocycles. The second-order valence-corrected chi connectivity index (χ2v) is 10.1. The first-order valence-corrected chi connectivity index (χ1v) is 12.7. The summed E-state index contributed by atoms with van der Waals surface area (Å²) in [6.45, 7) is 3.37. The fraction of sp³-hybridized carbons (Fsp3) is 0.538. The van der Waals surface area contributed by atoms with Crippen molar-refractivity contribution in [1.29, 1.82) is 0 Å². The summed E-state index contributed by atoms with van der Waals surface area (Å²) < 4.78 is 7.25. The maximum atomic E-state index is 5.22. The molecule has 2 saturated heterocycles. The van der Waals surface area contributed by atoms with Crippen molar-refractivity contribution >= 4 is 28.0 Å². The number of piperidine rings is 1. The summed E-state index contributed by atoms with van der Waals surface area (Å²) >= 11 is 0. The van der Waals surface area contributed by atoms with E-state index in [1.807, 2.05) is 17.1 Å². The van der Waals surface area contributed by atoms with Gasteiger partial charge in [-0.3, -0.25) is 4.90 Å². The van der Waals surface area contributed by atoms with E-state index in [9.17, 15) is 0 Å². The average molecular weight is 475 g/mol. The molecule has 184 valence electrons. The lowest BCUT2D eigenvalue weighted by atomic mass is 9.86. The van der Waals surface area contributed by atoms with Gasteiger partial charge in [0.05, 0.1) is 12.9 Å². The number of rotatable bonds is 9. The number of nitrogens with zero attached hydrogens (tertiary/aromatic N) is 7. The highest BCUT2D eigenvalue weighted by molar-refractivity contribution is 5.83. The van der Waals surface area contributed by atoms with Crippen molar-refractivity contribution in [2.75, 3.05) is 38.8 Å². The summed E-state index contributed by atoms with van der Waals surface area (Å²) in [6.07, 6.45) is 13.9. The summed E-state index contributed by atoms with van der Waals surface area (Å²) in [6, 6.07) is 5.80. The van der Waals surface area contributed by atoms with Gasteiger partial charge in [-0.25, -0.2) is 19.9 Å². The fourth-order valence-corrected chi connectivity index (χ4v) is 6.22. The fourth-order valence-electron chi connectivity index (χ4n) is 6.22. The summed E-state index contributed by atoms with van der Waals surface area (Å²) in [7, 11) is 3.83. The molecule has 6 rings (SSSR count). The maximum absolute atomic E-state index is 5.22. The van der Waals surface area contributed by atoms with Gasteiger partial charge in [-0.15, -0.1) is 0 Å². The van der Waals surface area contributed by atoms with Crippen LogP contribution in [0.25, 0.3) is 22.2 Å². The molecule has 4 aromatic rings. The third kappa shape index (κ3) is 4.38. The van der Waals surface area contributed by atoms with Crippen molar-refractivity contribution in [3.63, 3.8) is 0 Å². The van der Waals surface area contributed by atoms with Crippen LogP contribution in [0.15, 0.2) is 37.2 Å². The number of pyridine rings is 1. The van der Waals surface area contributed by atoms with Crippen molar-refractivity contribution in [3.8, 4) is 0 Å². The third-order valence-electron chi connectivity index (χ3n) is 7.94. The van der Waals surface area contributed by atoms with Crippen molar-refractivity contribution in [3.05, 3.63) is 42.7 Å². The van der Waals surface area contributed by atoms with E-state index in [-0.39, 0.29) is 0 Å². The molecular formula is C26H34N8O. The number of hydrogen-bond donors (Lipinski definition) is 1. The molecule has 1 N–H and O–H groups in total. The molecule has 2 bridgehead atoms. The van der Waals surface area contributed by atoms with Crippen LogP contribution >= 0.6 is 0 Å². The molecule has 4 aromatic heterocycles. The molecule has 9 nitrogen and oxygen atoms in total. The molecule has 0 amide bonds. The highest BCUT2D eigenvalue weighted by atomic mass is 16.5. The average Bonchev–Trinajstić information content (AvgIpc) is 3.57. The molecule has 9 heteroatoms. The number of imidazole rings is 1. The van der Waals surface area contributed by atoms with Gasteiger partial charge in [-0.1, -0.05) is 0 Å². The van der Waals surface area contributed by atoms with E-state index >= 15 is 0 Å². The quantitative estimate of drug-likeness (QED) is 0.398. The topological polar surface area (TPSA) is 88.0 Å². The zero-order valence-corrected chi connectivity index (χ0v) is 20.6. The predicted octanol–water partition coefficient (Wildman–Crippen LogP) is 3.27. The van der Waals surface area contributed by atoms with E-state index in [4.69, 9.17) is 4.74 Å². The van der Waals surface area contributed by atoms with Crippen LogP contribution in [0, 0.1) is 5.92 Å². The first-order chi connectivity index (χ1) is 17.2. The molecule has 6 heterocycles. The van der Waals surface area contributed by atoms with E-state index in [0.717, 1.165) is 54.6 Å². The lowest BCUT2D eigenvalue weighted by Gasteiger charge is -2.39. The minimum absolute atomic E-state index is 0.636. The second kappa shape index (κ2) is 9.54. The molecule has 0 saturated carbocycles. The normalized spacial score (nSPS) is 22.4. The van der Waals surface area contributed by atoms with E-state index in [1.54, 1.807) is 13.4 Å². The molecule has 2 fully saturated rings. The van der Waals surface area contributed by atoms with E-state index in [1.165, 1.54) is 36.6 Å². The molecule has 2 atom stereocenters. The monoisotopic (exact) mass is 474 g/mol. The van der Waals surface area contributed by atoms with Gasteiger partial charge in [0.2, 0.25) is 0 Å². The molecule has 2 aliphatic heterocycles. The Morgan fingerprint density at radius 2 is 1.97 bits per heavy atom. The van der Waals surface area contributed by atoms with Crippen LogP contribution in [0.5, 0.6) is 0 Å². The Balaban J connectivity index is 1.08. The Hall–Kier alpha value is -3.04. The van der Waals surface area contributed by atoms with Crippen LogP contribution in [0.1, 0.15) is 31.2 Å². The van der Waals surface area contributed by atoms with E-state index < -0.39 is 0 Å². The molecule has 35 heavy (non-hydrogen) atoms. The second-order valence-electron chi connectivity index (χ2n) is 10.1. The smallest absolute Gasteiger partial charge is 0.165 e. The van der Waals surface area contributed by atoms with Crippen molar-refractivity contribution in [1.82, 2.24) is 34.4 Å². The van der Waals surface area contributed by atoms with Crippen molar-refractivity contribution in [2.24, 2.45) is 5.92 Å². The lowest BCUT2D eigenvalue weighted by molar-refractivity contribution is 0.107. The van der Waals surface area contributed by atoms with Crippen molar-refractivity contribution in [2.45, 2.75) is 50.7 Å². The van der Waals surface area contributed by atoms with Gasteiger partial charge in [0.25, 0.3) is 0 Å². The van der Waals surface area contributed by atoms with Crippen LogP contribution in [0.4, 0.5) is 5.82 Å². The maximum Gasteiger partial charge on any atom is 0.165 e. The zero-order valence-electron chi connectivity index (χ0n) is 20.6. The predicted molar refractivity (Wildman–Crippen MR) is 137 cm³/mol. The minimum Gasteiger partial charge on any atom is -0.383 e. The highest BCUT2D eigenvalue weighted by Crippen LogP contribution is 2.40. The number of aromatic nitrogens is 6. The Bertz CT molecular complexity index is 1280. The van der Waals surface area contributed by atoms with Crippen LogP contribution in [0.2, 0.25) is 0 Å². The first-order valence-electron chi connectivity index (χ1n) is 12.7. The Morgan fingerprint density at radius 1 is 1.11 bits per heavy atom. The molecule has 0 spiro atoms. The number of fused-ring (bicyclic) bond motifs is 4. The summed E-state index contributed by atoms with van der Waals surface area (Å²) in [5.41, 5.74) is 4.08. The number of aromatic amines is 1. The molecular weight excluding hydrogens is 440 g/mol. The van der Waals surface area contributed by atoms with Crippen molar-refractivity contribution < 1.29 is 4.74 Å². The van der Waals surface area contributed by atoms with Gasteiger partial charge < -0.3 is 19.2 Å². The van der Waals surface area contributed by atoms with Crippen LogP contribution < -0.4 is 4.90 Å². The highest BCUT2D eigenvalue weighted by Gasteiger charge is 2.40. The first kappa shape index (κ1) is 22.4. The number of methoxy groups -OCH3 is 1. The lowest BCUT2D eigenvalue weighted by Crippen LogP contribution is -2.46. The standard InChI is InChI=1S/C26H34N8O/c1-32(25-23-26(30-16-29-25)33(17-31-23)9-10-35-2)7-8-34-21-3-4-22(34)14-18(13-21)11-19-12-20-5-6-27-24(20)28-15-19/h5-6,12,15-18,21-22H,3-4,7-11,13-14H2,1-2H3,(H,27,28). The summed E-state index contributed by atoms with van der Waals surface area (Å²) in [5, 5.41) is 1.22. The van der Waals surface area contributed by atoms with Gasteiger partial charge in [0.1, 0.15) is 12.0 Å². The number of nitrogens with one attached hydrogen (secondary N) is 1. The Kier molecular flexibility index (Phi) is 6.12. The number of hydrogen-bond acceptors (Lipinski definition) is 7. The van der Waals surface area contributed by atoms with Gasteiger partial charge >= 0.3 is 0 Å². The van der Waals surface area contributed by atoms with E-state index in [0.29, 0.717) is 18.7 Å². The van der Waals surface area contributed by atoms with Gasteiger partial charge in [-0.05, 0) is 55.7 Å². The van der Waals surface area contributed by atoms with Gasteiger partial charge in [0.15, 0.2) is 17.0 Å².